The lowest BCUT2D eigenvalue weighted by Gasteiger charge is -2.46. The minimum atomic E-state index is -0.539. The van der Waals surface area contributed by atoms with Crippen LogP contribution < -0.4 is 16.9 Å². The van der Waals surface area contributed by atoms with Crippen molar-refractivity contribution in [2.45, 2.75) is 32.2 Å². The minimum absolute atomic E-state index is 0.0503. The second-order valence-corrected chi connectivity index (χ2v) is 7.96. The normalized spacial score (nSPS) is 20.2. The van der Waals surface area contributed by atoms with Crippen LogP contribution in [0.4, 0.5) is 5.69 Å². The summed E-state index contributed by atoms with van der Waals surface area (Å²) in [6, 6.07) is 15.7. The second kappa shape index (κ2) is 7.25. The van der Waals surface area contributed by atoms with Gasteiger partial charge in [-0.1, -0.05) is 30.3 Å². The number of hydrazine groups is 1. The molecule has 0 radical (unpaired) electrons. The molecule has 1 atom stereocenters. The topological polar surface area (TPSA) is 113 Å². The number of carbonyl (C=O) groups excluding carboxylic acids is 1. The molecule has 1 aromatic heterocycles. The molecule has 2 heterocycles. The lowest BCUT2D eigenvalue weighted by molar-refractivity contribution is -0.125. The summed E-state index contributed by atoms with van der Waals surface area (Å²) in [4.78, 5) is 13.1. The number of H-pyrrole nitrogens is 1. The lowest BCUT2D eigenvalue weighted by atomic mass is 9.78. The molecule has 1 saturated heterocycles. The van der Waals surface area contributed by atoms with Gasteiger partial charge < -0.3 is 16.1 Å². The average molecular weight is 390 g/mol. The molecule has 4 rings (SSSR count). The van der Waals surface area contributed by atoms with Crippen molar-refractivity contribution < 1.29 is 4.79 Å². The van der Waals surface area contributed by atoms with Gasteiger partial charge in [0.25, 0.3) is 0 Å². The van der Waals surface area contributed by atoms with Gasteiger partial charge >= 0.3 is 0 Å². The standard InChI is InChI=1S/C22H26N6O/c1-22(2)18(10-9-16(13-23)28(22)24)21(29)25-15-8-11-19-17(12-15)20(27-26-19)14-6-4-3-5-7-14/h3-8,11-13,18H,9-10,23-24H2,1-2H3,(H,25,29)(H,26,27)/b16-13-. The smallest absolute Gasteiger partial charge is 0.229 e. The van der Waals surface area contributed by atoms with Gasteiger partial charge in [-0.15, -0.1) is 0 Å². The number of amides is 1. The summed E-state index contributed by atoms with van der Waals surface area (Å²) in [6.07, 6.45) is 2.89. The van der Waals surface area contributed by atoms with E-state index >= 15 is 0 Å². The Bertz CT molecular complexity index is 1070. The predicted molar refractivity (Wildman–Crippen MR) is 115 cm³/mol. The van der Waals surface area contributed by atoms with Gasteiger partial charge in [0.15, 0.2) is 0 Å². The Kier molecular flexibility index (Phi) is 4.76. The number of allylic oxidation sites excluding steroid dienone is 1. The molecule has 1 amide bonds. The summed E-state index contributed by atoms with van der Waals surface area (Å²) in [6.45, 7) is 3.93. The number of benzene rings is 2. The SMILES string of the molecule is CC1(C)C(C(=O)Nc2ccc3[nH]nc(-c4ccccc4)c3c2)CC/C(=C/N)N1N. The first-order valence-electron chi connectivity index (χ1n) is 9.72. The van der Waals surface area contributed by atoms with Crippen LogP contribution in [-0.2, 0) is 4.79 Å². The zero-order valence-corrected chi connectivity index (χ0v) is 16.6. The fraction of sp³-hybridized carbons (Fsp3) is 0.273. The van der Waals surface area contributed by atoms with E-state index < -0.39 is 5.54 Å². The zero-order valence-electron chi connectivity index (χ0n) is 16.6. The number of hydrogen-bond donors (Lipinski definition) is 4. The number of nitrogens with one attached hydrogen (secondary N) is 2. The third-order valence-electron chi connectivity index (χ3n) is 5.86. The predicted octanol–water partition coefficient (Wildman–Crippen LogP) is 3.33. The molecule has 2 aromatic carbocycles. The Morgan fingerprint density at radius 2 is 2.03 bits per heavy atom. The number of hydrogen-bond acceptors (Lipinski definition) is 5. The fourth-order valence-electron chi connectivity index (χ4n) is 4.06. The van der Waals surface area contributed by atoms with Crippen molar-refractivity contribution in [3.8, 4) is 11.3 Å². The third-order valence-corrected chi connectivity index (χ3v) is 5.86. The molecule has 0 bridgehead atoms. The van der Waals surface area contributed by atoms with E-state index in [1.807, 2.05) is 62.4 Å². The van der Waals surface area contributed by atoms with Crippen LogP contribution in [0.1, 0.15) is 26.7 Å². The molecule has 1 unspecified atom stereocenters. The van der Waals surface area contributed by atoms with Crippen molar-refractivity contribution in [3.05, 3.63) is 60.4 Å². The summed E-state index contributed by atoms with van der Waals surface area (Å²) >= 11 is 0. The van der Waals surface area contributed by atoms with E-state index in [-0.39, 0.29) is 11.8 Å². The van der Waals surface area contributed by atoms with Crippen LogP contribution in [0.2, 0.25) is 0 Å². The average Bonchev–Trinajstić information content (AvgIpc) is 3.13. The van der Waals surface area contributed by atoms with Crippen LogP contribution in [0, 0.1) is 5.92 Å². The highest BCUT2D eigenvalue weighted by atomic mass is 16.2. The van der Waals surface area contributed by atoms with Crippen molar-refractivity contribution in [1.29, 1.82) is 0 Å². The number of rotatable bonds is 3. The Hall–Kier alpha value is -3.32. The number of anilines is 1. The van der Waals surface area contributed by atoms with Crippen molar-refractivity contribution in [2.24, 2.45) is 17.5 Å². The van der Waals surface area contributed by atoms with Crippen LogP contribution in [0.3, 0.4) is 0 Å². The first kappa shape index (κ1) is 19.0. The van der Waals surface area contributed by atoms with Gasteiger partial charge in [-0.3, -0.25) is 9.89 Å². The molecule has 0 spiro atoms. The molecule has 6 N–H and O–H groups in total. The molecular formula is C22H26N6O. The van der Waals surface area contributed by atoms with E-state index in [1.54, 1.807) is 5.01 Å². The van der Waals surface area contributed by atoms with Crippen LogP contribution in [-0.4, -0.2) is 26.7 Å². The van der Waals surface area contributed by atoms with Crippen LogP contribution in [0.25, 0.3) is 22.2 Å². The third kappa shape index (κ3) is 3.34. The first-order valence-corrected chi connectivity index (χ1v) is 9.72. The highest BCUT2D eigenvalue weighted by molar-refractivity contribution is 5.99. The van der Waals surface area contributed by atoms with Crippen molar-refractivity contribution in [3.63, 3.8) is 0 Å². The molecule has 1 aliphatic heterocycles. The van der Waals surface area contributed by atoms with Gasteiger partial charge in [0.05, 0.1) is 22.7 Å². The maximum Gasteiger partial charge on any atom is 0.229 e. The number of nitrogens with two attached hydrogens (primary N) is 2. The first-order chi connectivity index (χ1) is 13.9. The van der Waals surface area contributed by atoms with E-state index in [2.05, 4.69) is 15.5 Å². The molecule has 3 aromatic rings. The molecule has 7 nitrogen and oxygen atoms in total. The number of nitrogens with zero attached hydrogens (tertiary/aromatic N) is 2. The van der Waals surface area contributed by atoms with Gasteiger partial charge in [-0.2, -0.15) is 5.10 Å². The van der Waals surface area contributed by atoms with E-state index in [0.717, 1.165) is 33.5 Å². The highest BCUT2D eigenvalue weighted by Gasteiger charge is 2.43. The second-order valence-electron chi connectivity index (χ2n) is 7.96. The Balaban J connectivity index is 1.60. The number of aromatic amines is 1. The number of aromatic nitrogens is 2. The van der Waals surface area contributed by atoms with E-state index in [1.165, 1.54) is 6.20 Å². The summed E-state index contributed by atoms with van der Waals surface area (Å²) in [5.41, 5.74) is 9.53. The van der Waals surface area contributed by atoms with Crippen molar-refractivity contribution in [1.82, 2.24) is 15.2 Å². The maximum absolute atomic E-state index is 13.1. The molecule has 7 heteroatoms. The van der Waals surface area contributed by atoms with Gasteiger partial charge in [-0.25, -0.2) is 5.84 Å². The number of carbonyl (C=O) groups is 1. The molecule has 1 aliphatic rings. The van der Waals surface area contributed by atoms with Crippen LogP contribution in [0.15, 0.2) is 60.4 Å². The van der Waals surface area contributed by atoms with Crippen molar-refractivity contribution >= 4 is 22.5 Å². The molecule has 1 fully saturated rings. The Morgan fingerprint density at radius 1 is 1.28 bits per heavy atom. The minimum Gasteiger partial charge on any atom is -0.403 e. The summed E-state index contributed by atoms with van der Waals surface area (Å²) in [5, 5.41) is 13.2. The maximum atomic E-state index is 13.1. The monoisotopic (exact) mass is 390 g/mol. The summed E-state index contributed by atoms with van der Waals surface area (Å²) < 4.78 is 0. The fourth-order valence-corrected chi connectivity index (χ4v) is 4.06. The van der Waals surface area contributed by atoms with Gasteiger partial charge in [0.1, 0.15) is 0 Å². The lowest BCUT2D eigenvalue weighted by Crippen LogP contribution is -2.58. The summed E-state index contributed by atoms with van der Waals surface area (Å²) in [5.74, 6) is 5.92. The largest absolute Gasteiger partial charge is 0.403 e. The molecule has 150 valence electrons. The van der Waals surface area contributed by atoms with Crippen molar-refractivity contribution in [2.75, 3.05) is 5.32 Å². The quantitative estimate of drug-likeness (QED) is 0.512. The molecule has 29 heavy (non-hydrogen) atoms. The van der Waals surface area contributed by atoms with Gasteiger partial charge in [0, 0.05) is 28.5 Å². The molecule has 0 saturated carbocycles. The van der Waals surface area contributed by atoms with E-state index in [0.29, 0.717) is 12.8 Å². The summed E-state index contributed by atoms with van der Waals surface area (Å²) in [7, 11) is 0. The molecular weight excluding hydrogens is 364 g/mol. The Morgan fingerprint density at radius 3 is 2.76 bits per heavy atom. The number of fused-ring (bicyclic) bond motifs is 1. The zero-order chi connectivity index (χ0) is 20.6. The van der Waals surface area contributed by atoms with Gasteiger partial charge in [0.2, 0.25) is 5.91 Å². The van der Waals surface area contributed by atoms with Crippen LogP contribution >= 0.6 is 0 Å². The Labute approximate surface area is 169 Å². The van der Waals surface area contributed by atoms with Gasteiger partial charge in [-0.05, 0) is 44.9 Å². The van der Waals surface area contributed by atoms with Crippen LogP contribution in [0.5, 0.6) is 0 Å². The number of piperidine rings is 1. The molecule has 0 aliphatic carbocycles. The highest BCUT2D eigenvalue weighted by Crippen LogP contribution is 2.37. The van der Waals surface area contributed by atoms with E-state index in [9.17, 15) is 4.79 Å². The van der Waals surface area contributed by atoms with E-state index in [4.69, 9.17) is 11.6 Å².